The van der Waals surface area contributed by atoms with Gasteiger partial charge in [0.25, 0.3) is 0 Å². The molecular weight excluding hydrogens is 218 g/mol. The topological polar surface area (TPSA) is 36.4 Å². The van der Waals surface area contributed by atoms with Gasteiger partial charge in [0.2, 0.25) is 0 Å². The largest absolute Gasteiger partial charge is 0.359 e. The molecule has 2 N–H and O–H groups in total. The summed E-state index contributed by atoms with van der Waals surface area (Å²) in [5.41, 5.74) is 1.30. The second-order valence-corrected chi connectivity index (χ2v) is 4.58. The molecule has 1 aromatic rings. The molecule has 16 heavy (non-hydrogen) atoms. The van der Waals surface area contributed by atoms with Crippen molar-refractivity contribution in [1.82, 2.24) is 10.6 Å². The number of aryl methyl sites for hydroxylation is 1. The van der Waals surface area contributed by atoms with E-state index in [-0.39, 0.29) is 0 Å². The molecule has 0 spiro atoms. The standard InChI is InChI=1S/C12H19N3S/c1-10-4-6-11(7-5-10)16-9-8-15-12(13-2)14-3/h4-7H,8-9H2,1-3H3,(H2,13,14,15). The Kier molecular flexibility index (Phi) is 5.78. The van der Waals surface area contributed by atoms with Crippen LogP contribution in [-0.2, 0) is 0 Å². The summed E-state index contributed by atoms with van der Waals surface area (Å²) in [4.78, 5) is 5.36. The third-order valence-electron chi connectivity index (χ3n) is 2.14. The van der Waals surface area contributed by atoms with Crippen LogP contribution in [-0.4, -0.2) is 32.4 Å². The summed E-state index contributed by atoms with van der Waals surface area (Å²) in [5.74, 6) is 1.87. The van der Waals surface area contributed by atoms with Crippen LogP contribution in [0.3, 0.4) is 0 Å². The zero-order valence-electron chi connectivity index (χ0n) is 10.1. The van der Waals surface area contributed by atoms with Gasteiger partial charge in [-0.25, -0.2) is 0 Å². The molecule has 3 nitrogen and oxygen atoms in total. The second-order valence-electron chi connectivity index (χ2n) is 3.41. The molecule has 1 rings (SSSR count). The molecule has 0 saturated carbocycles. The van der Waals surface area contributed by atoms with E-state index in [9.17, 15) is 0 Å². The summed E-state index contributed by atoms with van der Waals surface area (Å²) in [6.45, 7) is 3.01. The number of rotatable bonds is 4. The fourth-order valence-electron chi connectivity index (χ4n) is 1.25. The van der Waals surface area contributed by atoms with E-state index >= 15 is 0 Å². The normalized spacial score (nSPS) is 11.3. The maximum Gasteiger partial charge on any atom is 0.190 e. The zero-order valence-corrected chi connectivity index (χ0v) is 10.9. The summed E-state index contributed by atoms with van der Waals surface area (Å²) in [7, 11) is 3.63. The smallest absolute Gasteiger partial charge is 0.190 e. The first-order valence-corrected chi connectivity index (χ1v) is 6.32. The minimum absolute atomic E-state index is 0.838. The Morgan fingerprint density at radius 1 is 1.31 bits per heavy atom. The lowest BCUT2D eigenvalue weighted by molar-refractivity contribution is 0.912. The molecule has 0 unspecified atom stereocenters. The number of hydrogen-bond acceptors (Lipinski definition) is 2. The maximum absolute atomic E-state index is 4.05. The van der Waals surface area contributed by atoms with E-state index in [1.54, 1.807) is 7.05 Å². The molecule has 0 saturated heterocycles. The van der Waals surface area contributed by atoms with Gasteiger partial charge in [-0.1, -0.05) is 17.7 Å². The minimum atomic E-state index is 0.838. The highest BCUT2D eigenvalue weighted by atomic mass is 32.2. The molecule has 0 radical (unpaired) electrons. The molecule has 0 bridgehead atoms. The lowest BCUT2D eigenvalue weighted by Gasteiger charge is -2.07. The van der Waals surface area contributed by atoms with E-state index in [1.165, 1.54) is 10.5 Å². The van der Waals surface area contributed by atoms with E-state index in [0.29, 0.717) is 0 Å². The van der Waals surface area contributed by atoms with E-state index < -0.39 is 0 Å². The first-order chi connectivity index (χ1) is 7.76. The van der Waals surface area contributed by atoms with Crippen LogP contribution in [0.25, 0.3) is 0 Å². The fraction of sp³-hybridized carbons (Fsp3) is 0.417. The van der Waals surface area contributed by atoms with Crippen molar-refractivity contribution in [2.75, 3.05) is 26.4 Å². The molecule has 1 aromatic carbocycles. The van der Waals surface area contributed by atoms with Crippen LogP contribution in [0, 0.1) is 6.92 Å². The molecule has 0 amide bonds. The Labute approximate surface area is 102 Å². The van der Waals surface area contributed by atoms with Gasteiger partial charge in [-0.2, -0.15) is 0 Å². The molecule has 4 heteroatoms. The Bertz CT molecular complexity index is 333. The lowest BCUT2D eigenvalue weighted by Crippen LogP contribution is -2.35. The highest BCUT2D eigenvalue weighted by Gasteiger charge is 1.95. The van der Waals surface area contributed by atoms with Crippen molar-refractivity contribution >= 4 is 17.7 Å². The highest BCUT2D eigenvalue weighted by molar-refractivity contribution is 7.99. The van der Waals surface area contributed by atoms with Crippen LogP contribution in [0.1, 0.15) is 5.56 Å². The first kappa shape index (κ1) is 12.9. The van der Waals surface area contributed by atoms with Crippen molar-refractivity contribution in [2.45, 2.75) is 11.8 Å². The fourth-order valence-corrected chi connectivity index (χ4v) is 2.02. The minimum Gasteiger partial charge on any atom is -0.359 e. The predicted molar refractivity (Wildman–Crippen MR) is 72.3 cm³/mol. The van der Waals surface area contributed by atoms with E-state index in [1.807, 2.05) is 18.8 Å². The number of thioether (sulfide) groups is 1. The van der Waals surface area contributed by atoms with Crippen molar-refractivity contribution in [3.8, 4) is 0 Å². The number of guanidine groups is 1. The van der Waals surface area contributed by atoms with Crippen LogP contribution in [0.5, 0.6) is 0 Å². The monoisotopic (exact) mass is 237 g/mol. The van der Waals surface area contributed by atoms with Crippen LogP contribution < -0.4 is 10.6 Å². The Balaban J connectivity index is 2.23. The molecular formula is C12H19N3S. The summed E-state index contributed by atoms with van der Waals surface area (Å²) in [5, 5.41) is 6.21. The van der Waals surface area contributed by atoms with Gasteiger partial charge in [0, 0.05) is 31.3 Å². The van der Waals surface area contributed by atoms with Crippen molar-refractivity contribution in [2.24, 2.45) is 4.99 Å². The second kappa shape index (κ2) is 7.17. The average molecular weight is 237 g/mol. The van der Waals surface area contributed by atoms with Crippen molar-refractivity contribution in [3.63, 3.8) is 0 Å². The average Bonchev–Trinajstić information content (AvgIpc) is 2.32. The number of nitrogens with one attached hydrogen (secondary N) is 2. The molecule has 0 atom stereocenters. The van der Waals surface area contributed by atoms with Gasteiger partial charge in [-0.05, 0) is 19.1 Å². The van der Waals surface area contributed by atoms with Crippen LogP contribution >= 0.6 is 11.8 Å². The quantitative estimate of drug-likeness (QED) is 0.363. The number of aliphatic imine (C=N–C) groups is 1. The van der Waals surface area contributed by atoms with Gasteiger partial charge in [0.15, 0.2) is 5.96 Å². The Hall–Kier alpha value is -1.16. The summed E-state index contributed by atoms with van der Waals surface area (Å²) in [6.07, 6.45) is 0. The van der Waals surface area contributed by atoms with Crippen molar-refractivity contribution in [1.29, 1.82) is 0 Å². The van der Waals surface area contributed by atoms with Gasteiger partial charge in [0.05, 0.1) is 0 Å². The number of benzene rings is 1. The van der Waals surface area contributed by atoms with Crippen LogP contribution in [0.2, 0.25) is 0 Å². The highest BCUT2D eigenvalue weighted by Crippen LogP contribution is 2.17. The van der Waals surface area contributed by atoms with E-state index in [2.05, 4.69) is 46.8 Å². The molecule has 88 valence electrons. The third-order valence-corrected chi connectivity index (χ3v) is 3.16. The number of nitrogens with zero attached hydrogens (tertiary/aromatic N) is 1. The zero-order chi connectivity index (χ0) is 11.8. The van der Waals surface area contributed by atoms with E-state index in [0.717, 1.165) is 18.3 Å². The van der Waals surface area contributed by atoms with E-state index in [4.69, 9.17) is 0 Å². The van der Waals surface area contributed by atoms with Crippen molar-refractivity contribution < 1.29 is 0 Å². The van der Waals surface area contributed by atoms with Gasteiger partial charge < -0.3 is 10.6 Å². The first-order valence-electron chi connectivity index (χ1n) is 5.34. The predicted octanol–water partition coefficient (Wildman–Crippen LogP) is 1.88. The molecule has 0 aliphatic rings. The maximum atomic E-state index is 4.05. The van der Waals surface area contributed by atoms with Gasteiger partial charge >= 0.3 is 0 Å². The summed E-state index contributed by atoms with van der Waals surface area (Å²) in [6, 6.07) is 8.60. The lowest BCUT2D eigenvalue weighted by atomic mass is 10.2. The van der Waals surface area contributed by atoms with Crippen LogP contribution in [0.4, 0.5) is 0 Å². The molecule has 0 fully saturated rings. The van der Waals surface area contributed by atoms with Gasteiger partial charge in [-0.15, -0.1) is 11.8 Å². The van der Waals surface area contributed by atoms with Crippen LogP contribution in [0.15, 0.2) is 34.2 Å². The molecule has 0 aliphatic carbocycles. The summed E-state index contributed by atoms with van der Waals surface area (Å²) >= 11 is 1.85. The van der Waals surface area contributed by atoms with Crippen molar-refractivity contribution in [3.05, 3.63) is 29.8 Å². The molecule has 0 heterocycles. The Morgan fingerprint density at radius 3 is 2.56 bits per heavy atom. The summed E-state index contributed by atoms with van der Waals surface area (Å²) < 4.78 is 0. The van der Waals surface area contributed by atoms with Gasteiger partial charge in [0.1, 0.15) is 0 Å². The third kappa shape index (κ3) is 4.57. The molecule has 0 aromatic heterocycles. The number of hydrogen-bond donors (Lipinski definition) is 2. The Morgan fingerprint density at radius 2 is 2.00 bits per heavy atom. The van der Waals surface area contributed by atoms with Gasteiger partial charge in [-0.3, -0.25) is 4.99 Å². The SMILES string of the molecule is CN=C(NC)NCCSc1ccc(C)cc1. The molecule has 0 aliphatic heterocycles.